The van der Waals surface area contributed by atoms with E-state index >= 15 is 0 Å². The van der Waals surface area contributed by atoms with Crippen molar-refractivity contribution in [2.75, 3.05) is 6.61 Å². The lowest BCUT2D eigenvalue weighted by Gasteiger charge is -2.48. The van der Waals surface area contributed by atoms with Crippen LogP contribution in [0.1, 0.15) is 19.3 Å². The first-order chi connectivity index (χ1) is 7.62. The monoisotopic (exact) mass is 273 g/mol. The molecule has 0 bridgehead atoms. The van der Waals surface area contributed by atoms with Gasteiger partial charge in [0, 0.05) is 6.04 Å². The predicted molar refractivity (Wildman–Crippen MR) is 77.1 cm³/mol. The Morgan fingerprint density at radius 1 is 1.12 bits per heavy atom. The molecule has 0 aliphatic carbocycles. The van der Waals surface area contributed by atoms with Gasteiger partial charge in [-0.25, -0.2) is 0 Å². The molecule has 0 aromatic carbocycles. The number of ether oxygens (including phenoxy) is 1. The fourth-order valence-electron chi connectivity index (χ4n) is 3.18. The van der Waals surface area contributed by atoms with Gasteiger partial charge in [-0.3, -0.25) is 4.79 Å². The van der Waals surface area contributed by atoms with Gasteiger partial charge in [0.25, 0.3) is 0 Å². The van der Waals surface area contributed by atoms with Crippen LogP contribution in [0.5, 0.6) is 0 Å². The van der Waals surface area contributed by atoms with Gasteiger partial charge in [-0.2, -0.15) is 0 Å². The van der Waals surface area contributed by atoms with Crippen molar-refractivity contribution in [2.45, 2.75) is 64.6 Å². The first kappa shape index (κ1) is 14.9. The zero-order chi connectivity index (χ0) is 13.3. The Kier molecular flexibility index (Phi) is 4.60. The molecule has 3 nitrogen and oxygen atoms in total. The van der Waals surface area contributed by atoms with Crippen LogP contribution in [-0.2, 0) is 9.53 Å². The lowest BCUT2D eigenvalue weighted by Crippen LogP contribution is -2.63. The third kappa shape index (κ3) is 4.23. The normalized spacial score (nSPS) is 23.5. The van der Waals surface area contributed by atoms with Crippen LogP contribution in [0.3, 0.4) is 0 Å². The van der Waals surface area contributed by atoms with E-state index in [4.69, 9.17) is 4.74 Å². The molecule has 0 amide bonds. The second-order valence-corrected chi connectivity index (χ2v) is 17.0. The van der Waals surface area contributed by atoms with Crippen LogP contribution in [0.25, 0.3) is 0 Å². The molecule has 1 atom stereocenters. The standard InChI is InChI=1S/C12H27NO2Si2/c1-16(2,3)13(17(4,5)6)11-8-7-9-15-12(14)10-11/h11H,7-10H2,1-6H3. The lowest BCUT2D eigenvalue weighted by atomic mass is 10.1. The second kappa shape index (κ2) is 5.24. The van der Waals surface area contributed by atoms with Crippen molar-refractivity contribution in [2.24, 2.45) is 0 Å². The zero-order valence-electron chi connectivity index (χ0n) is 12.2. The van der Waals surface area contributed by atoms with Crippen LogP contribution < -0.4 is 0 Å². The van der Waals surface area contributed by atoms with Gasteiger partial charge < -0.3 is 8.97 Å². The third-order valence-electron chi connectivity index (χ3n) is 3.16. The van der Waals surface area contributed by atoms with Gasteiger partial charge in [0.15, 0.2) is 0 Å². The van der Waals surface area contributed by atoms with E-state index in [9.17, 15) is 4.79 Å². The van der Waals surface area contributed by atoms with E-state index in [2.05, 4.69) is 43.5 Å². The van der Waals surface area contributed by atoms with Crippen LogP contribution in [0.2, 0.25) is 39.3 Å². The largest absolute Gasteiger partial charge is 0.466 e. The Balaban J connectivity index is 2.93. The maximum absolute atomic E-state index is 11.6. The van der Waals surface area contributed by atoms with Crippen LogP contribution in [-0.4, -0.2) is 39.3 Å². The van der Waals surface area contributed by atoms with Crippen molar-refractivity contribution >= 4 is 22.4 Å². The van der Waals surface area contributed by atoms with E-state index in [1.807, 2.05) is 0 Å². The molecule has 1 aliphatic rings. The Bertz CT molecular complexity index is 267. The number of hydrogen-bond acceptors (Lipinski definition) is 3. The number of nitrogens with zero attached hydrogens (tertiary/aromatic N) is 1. The van der Waals surface area contributed by atoms with Crippen molar-refractivity contribution < 1.29 is 9.53 Å². The molecule has 1 rings (SSSR count). The summed E-state index contributed by atoms with van der Waals surface area (Å²) in [6.45, 7) is 15.0. The molecule has 0 saturated carbocycles. The fourth-order valence-corrected chi connectivity index (χ4v) is 13.9. The van der Waals surface area contributed by atoms with Gasteiger partial charge in [-0.1, -0.05) is 39.3 Å². The van der Waals surface area contributed by atoms with Gasteiger partial charge in [-0.05, 0) is 12.8 Å². The summed E-state index contributed by atoms with van der Waals surface area (Å²) in [7, 11) is -2.75. The molecule has 17 heavy (non-hydrogen) atoms. The third-order valence-corrected chi connectivity index (χ3v) is 10.8. The van der Waals surface area contributed by atoms with Crippen LogP contribution >= 0.6 is 0 Å². The molecule has 1 unspecified atom stereocenters. The summed E-state index contributed by atoms with van der Waals surface area (Å²) in [6, 6.07) is 0.420. The zero-order valence-corrected chi connectivity index (χ0v) is 14.2. The highest BCUT2D eigenvalue weighted by atomic mass is 28.4. The van der Waals surface area contributed by atoms with Gasteiger partial charge in [-0.15, -0.1) is 0 Å². The van der Waals surface area contributed by atoms with Crippen molar-refractivity contribution in [1.82, 2.24) is 4.23 Å². The minimum Gasteiger partial charge on any atom is -0.466 e. The van der Waals surface area contributed by atoms with Crippen molar-refractivity contribution in [3.8, 4) is 0 Å². The van der Waals surface area contributed by atoms with Crippen molar-refractivity contribution in [1.29, 1.82) is 0 Å². The Labute approximate surface area is 108 Å². The molecule has 1 saturated heterocycles. The van der Waals surface area contributed by atoms with Crippen LogP contribution in [0.4, 0.5) is 0 Å². The fraction of sp³-hybridized carbons (Fsp3) is 0.917. The van der Waals surface area contributed by atoms with E-state index in [0.717, 1.165) is 12.8 Å². The average Bonchev–Trinajstić information content (AvgIpc) is 2.24. The summed E-state index contributed by atoms with van der Waals surface area (Å²) in [4.78, 5) is 11.6. The SMILES string of the molecule is C[Si](C)(C)N(C1CCCOC(=O)C1)[Si](C)(C)C. The molecule has 0 N–H and O–H groups in total. The minimum absolute atomic E-state index is 0.00556. The minimum atomic E-state index is -1.37. The van der Waals surface area contributed by atoms with Crippen LogP contribution in [0, 0.1) is 0 Å². The average molecular weight is 274 g/mol. The van der Waals surface area contributed by atoms with Crippen molar-refractivity contribution in [3.05, 3.63) is 0 Å². The Hall–Kier alpha value is -0.136. The van der Waals surface area contributed by atoms with Crippen LogP contribution in [0.15, 0.2) is 0 Å². The highest BCUT2D eigenvalue weighted by molar-refractivity contribution is 6.89. The second-order valence-electron chi connectivity index (χ2n) is 6.93. The molecule has 1 fully saturated rings. The molecule has 100 valence electrons. The highest BCUT2D eigenvalue weighted by Gasteiger charge is 2.40. The smallest absolute Gasteiger partial charge is 0.307 e. The topological polar surface area (TPSA) is 29.5 Å². The Morgan fingerprint density at radius 3 is 2.12 bits per heavy atom. The first-order valence-electron chi connectivity index (χ1n) is 6.57. The quantitative estimate of drug-likeness (QED) is 0.585. The first-order valence-corrected chi connectivity index (χ1v) is 13.5. The van der Waals surface area contributed by atoms with Gasteiger partial charge in [0.2, 0.25) is 0 Å². The van der Waals surface area contributed by atoms with E-state index < -0.39 is 16.5 Å². The molecule has 1 aliphatic heterocycles. The highest BCUT2D eigenvalue weighted by Crippen LogP contribution is 2.28. The molecular formula is C12H27NO2Si2. The number of carbonyl (C=O) groups is 1. The van der Waals surface area contributed by atoms with E-state index in [-0.39, 0.29) is 5.97 Å². The summed E-state index contributed by atoms with van der Waals surface area (Å²) in [5, 5.41) is 0. The number of carbonyl (C=O) groups excluding carboxylic acids is 1. The van der Waals surface area contributed by atoms with Gasteiger partial charge >= 0.3 is 5.97 Å². The maximum Gasteiger partial charge on any atom is 0.307 e. The molecule has 0 spiro atoms. The summed E-state index contributed by atoms with van der Waals surface area (Å²) < 4.78 is 7.92. The molecular weight excluding hydrogens is 246 g/mol. The summed E-state index contributed by atoms with van der Waals surface area (Å²) in [5.74, 6) is -0.00556. The van der Waals surface area contributed by atoms with E-state index in [0.29, 0.717) is 19.1 Å². The predicted octanol–water partition coefficient (Wildman–Crippen LogP) is 3.05. The number of hydrogen-bond donors (Lipinski definition) is 0. The summed E-state index contributed by atoms with van der Waals surface area (Å²) in [6.07, 6.45) is 2.72. The number of esters is 1. The molecule has 0 aromatic heterocycles. The van der Waals surface area contributed by atoms with Gasteiger partial charge in [0.05, 0.1) is 13.0 Å². The van der Waals surface area contributed by atoms with Crippen molar-refractivity contribution in [3.63, 3.8) is 0 Å². The molecule has 0 radical (unpaired) electrons. The van der Waals surface area contributed by atoms with E-state index in [1.165, 1.54) is 0 Å². The van der Waals surface area contributed by atoms with Gasteiger partial charge in [0.1, 0.15) is 16.5 Å². The maximum atomic E-state index is 11.6. The number of rotatable bonds is 3. The molecule has 0 aromatic rings. The summed E-state index contributed by atoms with van der Waals surface area (Å²) >= 11 is 0. The van der Waals surface area contributed by atoms with E-state index in [1.54, 1.807) is 0 Å². The number of cyclic esters (lactones) is 1. The lowest BCUT2D eigenvalue weighted by molar-refractivity contribution is -0.143. The molecule has 1 heterocycles. The molecule has 5 heteroatoms. The summed E-state index contributed by atoms with van der Waals surface area (Å²) in [5.41, 5.74) is 0. The Morgan fingerprint density at radius 2 is 1.65 bits per heavy atom.